The summed E-state index contributed by atoms with van der Waals surface area (Å²) in [5.41, 5.74) is -0.870. The number of hydrogen-bond acceptors (Lipinski definition) is 6. The molecular formula is C20H29N5O4. The van der Waals surface area contributed by atoms with Crippen molar-refractivity contribution in [1.82, 2.24) is 14.7 Å². The maximum Gasteiger partial charge on any atom is 0.290 e. The predicted molar refractivity (Wildman–Crippen MR) is 114 cm³/mol. The lowest BCUT2D eigenvalue weighted by Crippen LogP contribution is -2.37. The fourth-order valence-corrected chi connectivity index (χ4v) is 2.53. The molecular weight excluding hydrogens is 374 g/mol. The van der Waals surface area contributed by atoms with E-state index >= 15 is 0 Å². The standard InChI is InChI=1S/C20H29N5O4/c1-11(20(2,3)4)21-15-14(17(27)23-25(7)19(15)29)22-13-10-8-9-12(16(13)26)18(28)24(5)6/h8-11,21-22,26H,1-7H3,(H,23,27). The zero-order chi connectivity index (χ0) is 22.1. The first kappa shape index (κ1) is 22.1. The largest absolute Gasteiger partial charge is 0.505 e. The van der Waals surface area contributed by atoms with Crippen molar-refractivity contribution < 1.29 is 9.90 Å². The van der Waals surface area contributed by atoms with E-state index in [1.165, 1.54) is 24.1 Å². The van der Waals surface area contributed by atoms with Crippen LogP contribution in [0, 0.1) is 5.41 Å². The summed E-state index contributed by atoms with van der Waals surface area (Å²) in [4.78, 5) is 38.9. The van der Waals surface area contributed by atoms with Gasteiger partial charge in [0.1, 0.15) is 11.4 Å². The van der Waals surface area contributed by atoms with Gasteiger partial charge < -0.3 is 20.6 Å². The molecule has 0 fully saturated rings. The molecule has 0 aliphatic heterocycles. The molecule has 1 heterocycles. The van der Waals surface area contributed by atoms with E-state index in [1.807, 2.05) is 27.7 Å². The molecule has 0 bridgehead atoms. The zero-order valence-corrected chi connectivity index (χ0v) is 17.9. The van der Waals surface area contributed by atoms with Crippen LogP contribution in [0.5, 0.6) is 5.75 Å². The number of nitrogens with one attached hydrogen (secondary N) is 3. The molecule has 2 rings (SSSR count). The maximum atomic E-state index is 12.7. The SMILES string of the molecule is CC(Nc1c(Nc2cccc(C(=O)N(C)C)c2O)c(=O)[nH]n(C)c1=O)C(C)(C)C. The van der Waals surface area contributed by atoms with Crippen LogP contribution >= 0.6 is 0 Å². The topological polar surface area (TPSA) is 119 Å². The van der Waals surface area contributed by atoms with E-state index in [-0.39, 0.29) is 45.7 Å². The smallest absolute Gasteiger partial charge is 0.290 e. The average molecular weight is 403 g/mol. The van der Waals surface area contributed by atoms with Crippen molar-refractivity contribution in [3.63, 3.8) is 0 Å². The number of aromatic nitrogens is 2. The van der Waals surface area contributed by atoms with Crippen molar-refractivity contribution in [3.05, 3.63) is 44.5 Å². The van der Waals surface area contributed by atoms with Gasteiger partial charge in [0.15, 0.2) is 5.75 Å². The molecule has 0 radical (unpaired) electrons. The summed E-state index contributed by atoms with van der Waals surface area (Å²) < 4.78 is 1.09. The fraction of sp³-hybridized carbons (Fsp3) is 0.450. The third kappa shape index (κ3) is 4.61. The van der Waals surface area contributed by atoms with E-state index in [0.29, 0.717) is 0 Å². The molecule has 158 valence electrons. The van der Waals surface area contributed by atoms with Gasteiger partial charge in [-0.05, 0) is 24.5 Å². The average Bonchev–Trinajstić information content (AvgIpc) is 2.62. The minimum atomic E-state index is -0.542. The molecule has 1 amide bonds. The molecule has 1 aromatic heterocycles. The Hall–Kier alpha value is -3.23. The molecule has 0 aliphatic rings. The minimum absolute atomic E-state index is 0.0334. The predicted octanol–water partition coefficient (Wildman–Crippen LogP) is 2.07. The number of rotatable bonds is 5. The second-order valence-corrected chi connectivity index (χ2v) is 8.31. The number of carbonyl (C=O) groups is 1. The minimum Gasteiger partial charge on any atom is -0.505 e. The molecule has 29 heavy (non-hydrogen) atoms. The van der Waals surface area contributed by atoms with Crippen molar-refractivity contribution >= 4 is 23.0 Å². The first-order chi connectivity index (χ1) is 13.3. The molecule has 1 aromatic carbocycles. The summed E-state index contributed by atoms with van der Waals surface area (Å²) in [6.07, 6.45) is 0. The van der Waals surface area contributed by atoms with Crippen molar-refractivity contribution in [2.75, 3.05) is 24.7 Å². The molecule has 9 heteroatoms. The summed E-state index contributed by atoms with van der Waals surface area (Å²) in [6.45, 7) is 7.95. The molecule has 0 saturated carbocycles. The monoisotopic (exact) mass is 403 g/mol. The zero-order valence-electron chi connectivity index (χ0n) is 17.9. The number of nitrogens with zero attached hydrogens (tertiary/aromatic N) is 2. The van der Waals surface area contributed by atoms with E-state index < -0.39 is 11.1 Å². The van der Waals surface area contributed by atoms with Crippen LogP contribution in [0.2, 0.25) is 0 Å². The number of para-hydroxylation sites is 1. The molecule has 0 saturated heterocycles. The Labute approximate surface area is 169 Å². The lowest BCUT2D eigenvalue weighted by molar-refractivity contribution is 0.0824. The van der Waals surface area contributed by atoms with E-state index in [1.54, 1.807) is 20.2 Å². The van der Waals surface area contributed by atoms with E-state index in [9.17, 15) is 19.5 Å². The van der Waals surface area contributed by atoms with Crippen molar-refractivity contribution in [2.24, 2.45) is 12.5 Å². The van der Waals surface area contributed by atoms with Gasteiger partial charge in [0.25, 0.3) is 17.0 Å². The number of amides is 1. The number of H-pyrrole nitrogens is 1. The summed E-state index contributed by atoms with van der Waals surface area (Å²) in [7, 11) is 4.60. The van der Waals surface area contributed by atoms with E-state index in [0.717, 1.165) is 4.68 Å². The second kappa shape index (κ2) is 8.02. The highest BCUT2D eigenvalue weighted by molar-refractivity contribution is 5.98. The van der Waals surface area contributed by atoms with Crippen LogP contribution in [-0.4, -0.2) is 45.8 Å². The van der Waals surface area contributed by atoms with Gasteiger partial charge in [-0.1, -0.05) is 26.8 Å². The van der Waals surface area contributed by atoms with Gasteiger partial charge in [-0.25, -0.2) is 0 Å². The normalized spacial score (nSPS) is 12.4. The summed E-state index contributed by atoms with van der Waals surface area (Å²) in [5, 5.41) is 19.0. The van der Waals surface area contributed by atoms with Gasteiger partial charge >= 0.3 is 0 Å². The lowest BCUT2D eigenvalue weighted by atomic mass is 9.88. The molecule has 9 nitrogen and oxygen atoms in total. The maximum absolute atomic E-state index is 12.7. The number of anilines is 3. The molecule has 4 N–H and O–H groups in total. The highest BCUT2D eigenvalue weighted by Gasteiger charge is 2.24. The van der Waals surface area contributed by atoms with Gasteiger partial charge in [-0.2, -0.15) is 0 Å². The number of phenolic OH excluding ortho intramolecular Hbond substituents is 1. The highest BCUT2D eigenvalue weighted by Crippen LogP contribution is 2.32. The Balaban J connectivity index is 2.58. The molecule has 0 spiro atoms. The molecule has 1 atom stereocenters. The van der Waals surface area contributed by atoms with Crippen LogP contribution in [-0.2, 0) is 7.05 Å². The van der Waals surface area contributed by atoms with Gasteiger partial charge in [0, 0.05) is 27.2 Å². The van der Waals surface area contributed by atoms with E-state index in [2.05, 4.69) is 15.7 Å². The van der Waals surface area contributed by atoms with Crippen LogP contribution in [0.3, 0.4) is 0 Å². The van der Waals surface area contributed by atoms with Crippen LogP contribution in [0.1, 0.15) is 38.1 Å². The summed E-state index contributed by atoms with van der Waals surface area (Å²) in [6, 6.07) is 4.46. The first-order valence-corrected chi connectivity index (χ1v) is 9.25. The lowest BCUT2D eigenvalue weighted by Gasteiger charge is -2.29. The van der Waals surface area contributed by atoms with E-state index in [4.69, 9.17) is 0 Å². The Kier molecular flexibility index (Phi) is 6.10. The number of aromatic amines is 1. The summed E-state index contributed by atoms with van der Waals surface area (Å²) in [5.74, 6) is -0.690. The van der Waals surface area contributed by atoms with Crippen molar-refractivity contribution in [2.45, 2.75) is 33.7 Å². The quantitative estimate of drug-likeness (QED) is 0.568. The second-order valence-electron chi connectivity index (χ2n) is 8.31. The number of hydrogen-bond donors (Lipinski definition) is 4. The highest BCUT2D eigenvalue weighted by atomic mass is 16.3. The van der Waals surface area contributed by atoms with Crippen LogP contribution in [0.4, 0.5) is 17.1 Å². The number of benzene rings is 1. The first-order valence-electron chi connectivity index (χ1n) is 9.25. The number of aromatic hydroxyl groups is 1. The van der Waals surface area contributed by atoms with Gasteiger partial charge in [-0.3, -0.25) is 24.2 Å². The Morgan fingerprint density at radius 3 is 2.38 bits per heavy atom. The summed E-state index contributed by atoms with van der Waals surface area (Å²) >= 11 is 0. The van der Waals surface area contributed by atoms with Gasteiger partial charge in [-0.15, -0.1) is 0 Å². The Bertz CT molecular complexity index is 1030. The van der Waals surface area contributed by atoms with Crippen LogP contribution < -0.4 is 21.8 Å². The third-order valence-electron chi connectivity index (χ3n) is 4.86. The van der Waals surface area contributed by atoms with Crippen molar-refractivity contribution in [1.29, 1.82) is 0 Å². The molecule has 1 unspecified atom stereocenters. The Morgan fingerprint density at radius 2 is 1.83 bits per heavy atom. The fourth-order valence-electron chi connectivity index (χ4n) is 2.53. The molecule has 2 aromatic rings. The third-order valence-corrected chi connectivity index (χ3v) is 4.86. The van der Waals surface area contributed by atoms with Gasteiger partial charge in [0.2, 0.25) is 0 Å². The van der Waals surface area contributed by atoms with Gasteiger partial charge in [0.05, 0.1) is 11.3 Å². The molecule has 0 aliphatic carbocycles. The number of phenols is 1. The van der Waals surface area contributed by atoms with Crippen LogP contribution in [0.25, 0.3) is 0 Å². The number of carbonyl (C=O) groups excluding carboxylic acids is 1. The van der Waals surface area contributed by atoms with Crippen LogP contribution in [0.15, 0.2) is 27.8 Å². The van der Waals surface area contributed by atoms with Crippen molar-refractivity contribution in [3.8, 4) is 5.75 Å². The number of aryl methyl sites for hydroxylation is 1. The Morgan fingerprint density at radius 1 is 1.21 bits per heavy atom.